The predicted molar refractivity (Wildman–Crippen MR) is 529 cm³/mol. The number of rotatable bonds is 25. The molecule has 0 N–H and O–H groups in total. The first kappa shape index (κ1) is 109. The summed E-state index contributed by atoms with van der Waals surface area (Å²) in [6, 6.07) is 74.6. The number of hydrogen-bond donors (Lipinski definition) is 0. The summed E-state index contributed by atoms with van der Waals surface area (Å²) in [5, 5.41) is 0. The Balaban J connectivity index is 0.000000248. The Morgan fingerprint density at radius 2 is 0.323 bits per heavy atom. The minimum atomic E-state index is -0.324. The largest absolute Gasteiger partial charge is 0.423 e. The summed E-state index contributed by atoms with van der Waals surface area (Å²) in [7, 11) is 0. The molecule has 0 aromatic heterocycles. The van der Waals surface area contributed by atoms with Crippen LogP contribution in [0.4, 0.5) is 23.5 Å². The maximum atomic E-state index is 12.3. The van der Waals surface area contributed by atoms with Crippen LogP contribution in [-0.4, -0.2) is 29.8 Å². The molecule has 5 fully saturated rings. The zero-order valence-corrected chi connectivity index (χ0v) is 79.8. The van der Waals surface area contributed by atoms with E-state index in [-0.39, 0.29) is 53.4 Å². The number of esters is 5. The minimum absolute atomic E-state index is 0. The highest BCUT2D eigenvalue weighted by molar-refractivity contribution is 7.81. The van der Waals surface area contributed by atoms with Gasteiger partial charge in [-0.1, -0.05) is 223 Å². The van der Waals surface area contributed by atoms with Gasteiger partial charge in [0.15, 0.2) is 0 Å². The molecule has 10 nitrogen and oxygen atoms in total. The predicted octanol–water partition coefficient (Wildman–Crippen LogP) is 33.4. The number of halogens is 5. The van der Waals surface area contributed by atoms with E-state index in [1.165, 1.54) is 220 Å². The van der Waals surface area contributed by atoms with Crippen molar-refractivity contribution in [3.8, 4) is 28.7 Å². The van der Waals surface area contributed by atoms with Crippen molar-refractivity contribution in [2.75, 3.05) is 0 Å². The maximum Gasteiger partial charge on any atom is 0.343 e. The highest BCUT2D eigenvalue weighted by atomic mass is 32.1. The van der Waals surface area contributed by atoms with Crippen LogP contribution < -0.4 is 23.7 Å². The first-order valence-corrected chi connectivity index (χ1v) is 48.3. The van der Waals surface area contributed by atoms with Crippen LogP contribution in [0.15, 0.2) is 267 Å². The van der Waals surface area contributed by atoms with Crippen molar-refractivity contribution in [2.24, 2.45) is 29.6 Å². The van der Waals surface area contributed by atoms with Crippen LogP contribution in [0.25, 0.3) is 0 Å². The lowest BCUT2D eigenvalue weighted by Gasteiger charge is -2.28. The molecule has 5 saturated carbocycles. The molecule has 0 saturated heterocycles. The minimum Gasteiger partial charge on any atom is -0.423 e. The summed E-state index contributed by atoms with van der Waals surface area (Å²) >= 11 is 25.2. The van der Waals surface area contributed by atoms with Crippen molar-refractivity contribution in [2.45, 2.75) is 281 Å². The van der Waals surface area contributed by atoms with Gasteiger partial charge in [-0.3, -0.25) is 23.5 Å². The fourth-order valence-corrected chi connectivity index (χ4v) is 19.5. The summed E-state index contributed by atoms with van der Waals surface area (Å²) in [6.45, 7) is 11.4. The monoisotopic (exact) mass is 1870 g/mol. The zero-order valence-electron chi connectivity index (χ0n) is 75.7. The van der Waals surface area contributed by atoms with Crippen LogP contribution in [0.2, 0.25) is 0 Å². The number of carbonyl (C=O) groups excluding carboxylic acids is 5. The molecule has 20 heteroatoms. The second-order valence-electron chi connectivity index (χ2n) is 34.9. The normalized spacial score (nSPS) is 19.4. The van der Waals surface area contributed by atoms with Gasteiger partial charge < -0.3 is 23.7 Å². The van der Waals surface area contributed by atoms with E-state index in [1.807, 2.05) is 60.7 Å². The summed E-state index contributed by atoms with van der Waals surface area (Å²) in [5.41, 5.74) is 9.69. The molecule has 0 atom stereocenters. The Hall–Kier alpha value is -9.70. The van der Waals surface area contributed by atoms with E-state index in [2.05, 4.69) is 95.3 Å². The second kappa shape index (κ2) is 57.6. The molecule has 130 heavy (non-hydrogen) atoms. The molecule has 0 unspecified atom stereocenters. The van der Waals surface area contributed by atoms with Crippen LogP contribution in [-0.2, 0) is 0 Å². The molecular weight excluding hydrogens is 1740 g/mol. The molecule has 0 amide bonds. The van der Waals surface area contributed by atoms with Gasteiger partial charge in [0.05, 0.1) is 27.8 Å². The molecule has 0 spiro atoms. The van der Waals surface area contributed by atoms with Crippen molar-refractivity contribution in [3.05, 3.63) is 298 Å². The van der Waals surface area contributed by atoms with Crippen molar-refractivity contribution < 1.29 is 71.2 Å². The van der Waals surface area contributed by atoms with E-state index in [4.69, 9.17) is 86.8 Å². The lowest BCUT2D eigenvalue weighted by molar-refractivity contribution is 0.0725. The third-order valence-electron chi connectivity index (χ3n) is 26.0. The van der Waals surface area contributed by atoms with Crippen LogP contribution in [0.1, 0.15) is 336 Å². The van der Waals surface area contributed by atoms with Gasteiger partial charge in [0.1, 0.15) is 28.7 Å². The molecule has 0 aliphatic heterocycles. The maximum absolute atomic E-state index is 12.3. The third-order valence-corrected chi connectivity index (χ3v) is 27.3. The first-order valence-electron chi connectivity index (χ1n) is 46.2. The standard InChI is InChI=1S/5C22H25O2S.5FH/c5*1-2-3-16-4-6-17(7-5-16)18-8-10-19(11-9-18)22(23)24-20-12-14-21(25)15-13-20;;;;;/h5*8-17H,2-7H2,1H3;5*1H/t5*16-,17-;;;;;. The van der Waals surface area contributed by atoms with Gasteiger partial charge in [-0.15, -0.1) is 0 Å². The summed E-state index contributed by atoms with van der Waals surface area (Å²) in [5.74, 6) is 8.76. The van der Waals surface area contributed by atoms with E-state index < -0.39 is 0 Å². The highest BCUT2D eigenvalue weighted by Crippen LogP contribution is 2.43. The average molecular weight is 1870 g/mol. The van der Waals surface area contributed by atoms with Crippen molar-refractivity contribution in [1.82, 2.24) is 0 Å². The van der Waals surface area contributed by atoms with Crippen LogP contribution >= 0.6 is 63.1 Å². The Morgan fingerprint density at radius 1 is 0.200 bits per heavy atom. The van der Waals surface area contributed by atoms with E-state index in [0.717, 1.165) is 54.1 Å². The van der Waals surface area contributed by atoms with E-state index >= 15 is 0 Å². The topological polar surface area (TPSA) is 132 Å². The molecule has 10 aromatic rings. The van der Waals surface area contributed by atoms with E-state index in [1.54, 1.807) is 121 Å². The van der Waals surface area contributed by atoms with Crippen molar-refractivity contribution >= 4 is 93.0 Å². The van der Waals surface area contributed by atoms with Gasteiger partial charge in [0.2, 0.25) is 0 Å². The number of carbonyl (C=O) groups is 5. The number of benzene rings is 10. The fourth-order valence-electron chi connectivity index (χ4n) is 18.8. The van der Waals surface area contributed by atoms with Crippen LogP contribution in [0, 0.1) is 29.6 Å². The smallest absolute Gasteiger partial charge is 0.343 e. The SMILES string of the molecule is CCC[C@H]1CC[C@H](c2ccc(C(=O)Oc3ccc([S])cc3)cc2)CC1.CCC[C@H]1CC[C@H](c2ccc(C(=O)Oc3ccc([S])cc3)cc2)CC1.CCC[C@H]1CC[C@H](c2ccc(C(=O)Oc3ccc([S])cc3)cc2)CC1.CCC[C@H]1CC[C@H](c2ccc(C(=O)Oc3ccc([S])cc3)cc2)CC1.CCC[C@H]1CC[C@H](c2ccc(C(=O)Oc3ccc([S])cc3)cc2)CC1.F.F.F.F.F. The fraction of sp³-hybridized carbons (Fsp3) is 0.409. The summed E-state index contributed by atoms with van der Waals surface area (Å²) in [6.07, 6.45) is 39.3. The lowest BCUT2D eigenvalue weighted by Crippen LogP contribution is -2.13. The molecule has 0 bridgehead atoms. The Kier molecular flexibility index (Phi) is 48.3. The molecule has 0 heterocycles. The molecule has 5 radical (unpaired) electrons. The van der Waals surface area contributed by atoms with Gasteiger partial charge >= 0.3 is 29.8 Å². The molecular formula is C110H130F5O10S5. The van der Waals surface area contributed by atoms with Crippen molar-refractivity contribution in [3.63, 3.8) is 0 Å². The molecule has 5 aliphatic rings. The zero-order chi connectivity index (χ0) is 88.2. The van der Waals surface area contributed by atoms with Crippen LogP contribution in [0.3, 0.4) is 0 Å². The Morgan fingerprint density at radius 3 is 0.438 bits per heavy atom. The van der Waals surface area contributed by atoms with E-state index in [9.17, 15) is 24.0 Å². The van der Waals surface area contributed by atoms with Gasteiger partial charge in [0.25, 0.3) is 0 Å². The molecule has 695 valence electrons. The number of hydrogen-bond acceptors (Lipinski definition) is 10. The Labute approximate surface area is 796 Å². The molecule has 10 aromatic carbocycles. The third kappa shape index (κ3) is 35.1. The summed E-state index contributed by atoms with van der Waals surface area (Å²) < 4.78 is 27.0. The molecule has 15 rings (SSSR count). The first-order chi connectivity index (χ1) is 60.8. The van der Waals surface area contributed by atoms with E-state index in [0.29, 0.717) is 86.2 Å². The van der Waals surface area contributed by atoms with Gasteiger partial charge in [-0.05, 0) is 397 Å². The van der Waals surface area contributed by atoms with Gasteiger partial charge in [0, 0.05) is 24.5 Å². The van der Waals surface area contributed by atoms with Crippen molar-refractivity contribution in [1.29, 1.82) is 0 Å². The lowest BCUT2D eigenvalue weighted by atomic mass is 9.77. The highest BCUT2D eigenvalue weighted by Gasteiger charge is 2.28. The van der Waals surface area contributed by atoms with Gasteiger partial charge in [-0.25, -0.2) is 24.0 Å². The molecule has 5 aliphatic carbocycles. The average Bonchev–Trinajstić information content (AvgIpc) is 0.854. The Bertz CT molecular complexity index is 4170. The second-order valence-corrected chi connectivity index (χ2v) is 37.3. The van der Waals surface area contributed by atoms with Crippen LogP contribution in [0.5, 0.6) is 28.7 Å². The number of ether oxygens (including phenoxy) is 5. The quantitative estimate of drug-likeness (QED) is 0.0309. The van der Waals surface area contributed by atoms with Gasteiger partial charge in [-0.2, -0.15) is 0 Å². The summed E-state index contributed by atoms with van der Waals surface area (Å²) in [4.78, 5) is 64.9.